The number of nitro groups is 2. The van der Waals surface area contributed by atoms with Gasteiger partial charge in [-0.2, -0.15) is 0 Å². The molecule has 0 saturated heterocycles. The van der Waals surface area contributed by atoms with E-state index in [4.69, 9.17) is 9.47 Å². The molecular weight excluding hydrogens is 338 g/mol. The van der Waals surface area contributed by atoms with Crippen LogP contribution in [-0.4, -0.2) is 39.8 Å². The Hall–Kier alpha value is -3.70. The number of benzene rings is 1. The summed E-state index contributed by atoms with van der Waals surface area (Å²) >= 11 is 0. The number of hydrogen-bond donors (Lipinski definition) is 1. The van der Waals surface area contributed by atoms with E-state index in [1.807, 2.05) is 0 Å². The highest BCUT2D eigenvalue weighted by Gasteiger charge is 2.21. The summed E-state index contributed by atoms with van der Waals surface area (Å²) in [6.45, 7) is -0.329. The van der Waals surface area contributed by atoms with Gasteiger partial charge in [0, 0.05) is 6.07 Å². The van der Waals surface area contributed by atoms with Crippen molar-refractivity contribution in [1.29, 1.82) is 0 Å². The predicted molar refractivity (Wildman–Crippen MR) is 83.7 cm³/mol. The number of ether oxygens (including phenoxy) is 2. The molecule has 1 aromatic heterocycles. The van der Waals surface area contributed by atoms with Crippen LogP contribution >= 0.6 is 0 Å². The van der Waals surface area contributed by atoms with Gasteiger partial charge < -0.3 is 14.8 Å². The highest BCUT2D eigenvalue weighted by molar-refractivity contribution is 5.92. The number of nitrogens with one attached hydrogen (secondary N) is 1. The average molecular weight is 351 g/mol. The van der Waals surface area contributed by atoms with Crippen molar-refractivity contribution in [2.45, 2.75) is 6.54 Å². The van der Waals surface area contributed by atoms with Gasteiger partial charge in [-0.1, -0.05) is 0 Å². The first-order valence-corrected chi connectivity index (χ1v) is 6.73. The molecule has 2 aromatic rings. The number of rotatable bonds is 7. The van der Waals surface area contributed by atoms with Crippen molar-refractivity contribution in [2.24, 2.45) is 0 Å². The summed E-state index contributed by atoms with van der Waals surface area (Å²) in [5.41, 5.74) is -0.350. The van der Waals surface area contributed by atoms with Gasteiger partial charge in [-0.15, -0.1) is 5.10 Å². The van der Waals surface area contributed by atoms with Crippen LogP contribution in [0.1, 0.15) is 0 Å². The fraction of sp³-hybridized carbons (Fsp3) is 0.231. The highest BCUT2D eigenvalue weighted by atomic mass is 16.6. The molecule has 0 atom stereocenters. The molecule has 1 aromatic carbocycles. The van der Waals surface area contributed by atoms with Crippen LogP contribution in [-0.2, 0) is 11.3 Å². The quantitative estimate of drug-likeness (QED) is 0.579. The Morgan fingerprint density at radius 2 is 1.96 bits per heavy atom. The Labute approximate surface area is 140 Å². The Morgan fingerprint density at radius 3 is 2.48 bits per heavy atom. The van der Waals surface area contributed by atoms with Crippen molar-refractivity contribution in [2.75, 3.05) is 19.5 Å². The number of amides is 1. The molecule has 0 bridgehead atoms. The van der Waals surface area contributed by atoms with E-state index >= 15 is 0 Å². The lowest BCUT2D eigenvalue weighted by Gasteiger charge is -2.09. The molecule has 1 amide bonds. The molecule has 2 rings (SSSR count). The largest absolute Gasteiger partial charge is 0.494 e. The summed E-state index contributed by atoms with van der Waals surface area (Å²) in [7, 11) is 2.53. The fourth-order valence-corrected chi connectivity index (χ4v) is 1.98. The van der Waals surface area contributed by atoms with Crippen LogP contribution in [0.25, 0.3) is 0 Å². The zero-order valence-corrected chi connectivity index (χ0v) is 13.2. The highest BCUT2D eigenvalue weighted by Crippen LogP contribution is 2.29. The summed E-state index contributed by atoms with van der Waals surface area (Å²) in [6, 6.07) is 3.69. The molecule has 132 valence electrons. The van der Waals surface area contributed by atoms with Crippen LogP contribution in [0.4, 0.5) is 17.1 Å². The second-order valence-corrected chi connectivity index (χ2v) is 4.67. The molecule has 0 spiro atoms. The Bertz CT molecular complexity index is 832. The van der Waals surface area contributed by atoms with E-state index in [-0.39, 0.29) is 35.2 Å². The second kappa shape index (κ2) is 7.25. The van der Waals surface area contributed by atoms with E-state index in [9.17, 15) is 25.0 Å². The minimum Gasteiger partial charge on any atom is -0.494 e. The number of hydrogen-bond acceptors (Lipinski definition) is 8. The lowest BCUT2D eigenvalue weighted by Crippen LogP contribution is -2.19. The summed E-state index contributed by atoms with van der Waals surface area (Å²) < 4.78 is 10.8. The smallest absolute Gasteiger partial charge is 0.350 e. The number of carbonyl (C=O) groups is 1. The van der Waals surface area contributed by atoms with E-state index in [1.54, 1.807) is 0 Å². The van der Waals surface area contributed by atoms with Crippen molar-refractivity contribution in [1.82, 2.24) is 9.78 Å². The SMILES string of the molecule is COc1cc([N+](=O)[O-])ccc1NC(=O)Cn1cc([N+](=O)[O-])c(OC)n1. The molecule has 1 N–H and O–H groups in total. The van der Waals surface area contributed by atoms with E-state index < -0.39 is 15.8 Å². The van der Waals surface area contributed by atoms with Crippen LogP contribution < -0.4 is 14.8 Å². The first kappa shape index (κ1) is 17.7. The van der Waals surface area contributed by atoms with Gasteiger partial charge in [0.05, 0.1) is 35.8 Å². The number of nitrogens with zero attached hydrogens (tertiary/aromatic N) is 4. The minimum atomic E-state index is -0.681. The Balaban J connectivity index is 2.15. The molecule has 0 aliphatic heterocycles. The van der Waals surface area contributed by atoms with E-state index in [2.05, 4.69) is 10.4 Å². The molecule has 12 nitrogen and oxygen atoms in total. The van der Waals surface area contributed by atoms with Gasteiger partial charge in [-0.3, -0.25) is 29.7 Å². The Kier molecular flexibility index (Phi) is 5.12. The topological polar surface area (TPSA) is 152 Å². The molecule has 0 radical (unpaired) electrons. The zero-order valence-electron chi connectivity index (χ0n) is 13.2. The summed E-state index contributed by atoms with van der Waals surface area (Å²) in [5.74, 6) is -0.676. The zero-order chi connectivity index (χ0) is 18.6. The number of nitro benzene ring substituents is 1. The lowest BCUT2D eigenvalue weighted by molar-refractivity contribution is -0.385. The number of carbonyl (C=O) groups excluding carboxylic acids is 1. The summed E-state index contributed by atoms with van der Waals surface area (Å²) in [4.78, 5) is 32.4. The molecule has 0 saturated carbocycles. The second-order valence-electron chi connectivity index (χ2n) is 4.67. The molecule has 1 heterocycles. The maximum Gasteiger partial charge on any atom is 0.350 e. The Morgan fingerprint density at radius 1 is 1.24 bits per heavy atom. The number of methoxy groups -OCH3 is 2. The van der Waals surface area contributed by atoms with Crippen LogP contribution in [0.15, 0.2) is 24.4 Å². The number of aromatic nitrogens is 2. The van der Waals surface area contributed by atoms with Crippen molar-refractivity contribution >= 4 is 23.0 Å². The van der Waals surface area contributed by atoms with Crippen molar-refractivity contribution < 1.29 is 24.1 Å². The summed E-state index contributed by atoms with van der Waals surface area (Å²) in [5, 5.41) is 27.9. The first-order valence-electron chi connectivity index (χ1n) is 6.73. The first-order chi connectivity index (χ1) is 11.8. The molecule has 0 aliphatic rings. The standard InChI is InChI=1S/C13H13N5O7/c1-24-11-5-8(17(20)21)3-4-9(11)14-12(19)7-16-6-10(18(22)23)13(15-16)25-2/h3-6H,7H2,1-2H3,(H,14,19). The lowest BCUT2D eigenvalue weighted by atomic mass is 10.2. The van der Waals surface area contributed by atoms with E-state index in [0.29, 0.717) is 0 Å². The third kappa shape index (κ3) is 3.99. The molecule has 0 unspecified atom stereocenters. The average Bonchev–Trinajstić information content (AvgIpc) is 2.98. The molecule has 12 heteroatoms. The third-order valence-corrected chi connectivity index (χ3v) is 3.08. The van der Waals surface area contributed by atoms with Gasteiger partial charge in [0.2, 0.25) is 5.91 Å². The normalized spacial score (nSPS) is 10.2. The minimum absolute atomic E-state index is 0.103. The monoisotopic (exact) mass is 351 g/mol. The van der Waals surface area contributed by atoms with Gasteiger partial charge in [0.1, 0.15) is 18.5 Å². The van der Waals surface area contributed by atoms with Crippen LogP contribution in [0.2, 0.25) is 0 Å². The maximum absolute atomic E-state index is 12.1. The molecule has 0 aliphatic carbocycles. The molecular formula is C13H13N5O7. The predicted octanol–water partition coefficient (Wildman–Crippen LogP) is 1.36. The van der Waals surface area contributed by atoms with Crippen molar-refractivity contribution in [3.63, 3.8) is 0 Å². The van der Waals surface area contributed by atoms with E-state index in [1.165, 1.54) is 26.4 Å². The molecule has 25 heavy (non-hydrogen) atoms. The van der Waals surface area contributed by atoms with Gasteiger partial charge >= 0.3 is 11.6 Å². The summed E-state index contributed by atoms with van der Waals surface area (Å²) in [6.07, 6.45) is 1.06. The van der Waals surface area contributed by atoms with Crippen molar-refractivity contribution in [3.8, 4) is 11.6 Å². The van der Waals surface area contributed by atoms with Gasteiger partial charge in [-0.25, -0.2) is 0 Å². The molecule has 0 fully saturated rings. The van der Waals surface area contributed by atoms with Crippen molar-refractivity contribution in [3.05, 3.63) is 44.6 Å². The number of anilines is 1. The van der Waals surface area contributed by atoms with Gasteiger partial charge in [0.25, 0.3) is 5.69 Å². The third-order valence-electron chi connectivity index (χ3n) is 3.08. The fourth-order valence-electron chi connectivity index (χ4n) is 1.98. The van der Waals surface area contributed by atoms with Gasteiger partial charge in [-0.05, 0) is 6.07 Å². The maximum atomic E-state index is 12.1. The van der Waals surface area contributed by atoms with Crippen LogP contribution in [0.5, 0.6) is 11.6 Å². The van der Waals surface area contributed by atoms with Gasteiger partial charge in [0.15, 0.2) is 0 Å². The van der Waals surface area contributed by atoms with Crippen LogP contribution in [0.3, 0.4) is 0 Å². The van der Waals surface area contributed by atoms with Crippen LogP contribution in [0, 0.1) is 20.2 Å². The van der Waals surface area contributed by atoms with E-state index in [0.717, 1.165) is 16.9 Å². The number of non-ortho nitro benzene ring substituents is 1.